The van der Waals surface area contributed by atoms with Crippen molar-refractivity contribution < 1.29 is 4.74 Å². The van der Waals surface area contributed by atoms with Crippen molar-refractivity contribution in [2.24, 2.45) is 0 Å². The lowest BCUT2D eigenvalue weighted by atomic mass is 10.1. The number of ether oxygens (including phenoxy) is 1. The number of hydrogen-bond donors (Lipinski definition) is 2. The number of nitrogens with one attached hydrogen (secondary N) is 1. The van der Waals surface area contributed by atoms with Gasteiger partial charge in [-0.1, -0.05) is 19.1 Å². The lowest BCUT2D eigenvalue weighted by Crippen LogP contribution is -2.09. The summed E-state index contributed by atoms with van der Waals surface area (Å²) in [5.74, 6) is 1.19. The van der Waals surface area contributed by atoms with Crippen LogP contribution in [0.4, 0.5) is 17.2 Å². The van der Waals surface area contributed by atoms with Gasteiger partial charge in [0.2, 0.25) is 5.88 Å². The molecule has 3 N–H and O–H groups in total. The van der Waals surface area contributed by atoms with E-state index in [1.807, 2.05) is 32.0 Å². The minimum absolute atomic E-state index is 0.0449. The van der Waals surface area contributed by atoms with E-state index in [1.165, 1.54) is 5.56 Å². The molecule has 0 saturated heterocycles. The predicted molar refractivity (Wildman–Crippen MR) is 83.5 cm³/mol. The van der Waals surface area contributed by atoms with E-state index in [4.69, 9.17) is 10.5 Å². The maximum absolute atomic E-state index is 5.86. The fraction of sp³-hybridized carbons (Fsp3) is 0.312. The largest absolute Gasteiger partial charge is 0.473 e. The van der Waals surface area contributed by atoms with Crippen molar-refractivity contribution in [1.82, 2.24) is 4.98 Å². The van der Waals surface area contributed by atoms with Crippen LogP contribution in [0, 0.1) is 0 Å². The summed E-state index contributed by atoms with van der Waals surface area (Å²) in [6, 6.07) is 11.9. The first kappa shape index (κ1) is 14.2. The molecule has 0 aliphatic carbocycles. The maximum Gasteiger partial charge on any atom is 0.239 e. The summed E-state index contributed by atoms with van der Waals surface area (Å²) in [5, 5.41) is 3.27. The normalized spacial score (nSPS) is 10.6. The number of anilines is 3. The van der Waals surface area contributed by atoms with Crippen LogP contribution in [0.3, 0.4) is 0 Å². The van der Waals surface area contributed by atoms with Gasteiger partial charge in [-0.2, -0.15) is 4.98 Å². The molecule has 0 amide bonds. The molecule has 0 bridgehead atoms. The van der Waals surface area contributed by atoms with Crippen molar-refractivity contribution in [2.75, 3.05) is 11.1 Å². The molecule has 4 nitrogen and oxygen atoms in total. The molecule has 0 radical (unpaired) electrons. The fourth-order valence-electron chi connectivity index (χ4n) is 1.86. The molecule has 1 heterocycles. The number of benzene rings is 1. The standard InChI is InChI=1S/C16H21N3O/c1-4-12-6-5-7-13(10-12)18-15-9-8-14(17)16(19-15)20-11(2)3/h5-11H,4,17H2,1-3H3,(H,18,19). The van der Waals surface area contributed by atoms with Crippen LogP contribution in [-0.4, -0.2) is 11.1 Å². The third-order valence-corrected chi connectivity index (χ3v) is 2.84. The van der Waals surface area contributed by atoms with Gasteiger partial charge < -0.3 is 15.8 Å². The van der Waals surface area contributed by atoms with Crippen molar-refractivity contribution in [3.8, 4) is 5.88 Å². The third kappa shape index (κ3) is 3.63. The molecule has 0 aliphatic heterocycles. The number of aromatic nitrogens is 1. The van der Waals surface area contributed by atoms with Crippen LogP contribution >= 0.6 is 0 Å². The number of nitrogens with zero attached hydrogens (tertiary/aromatic N) is 1. The fourth-order valence-corrected chi connectivity index (χ4v) is 1.86. The van der Waals surface area contributed by atoms with Gasteiger partial charge in [0.1, 0.15) is 5.82 Å². The molecule has 0 spiro atoms. The molecule has 0 atom stereocenters. The number of nitrogen functional groups attached to an aromatic ring is 1. The summed E-state index contributed by atoms with van der Waals surface area (Å²) >= 11 is 0. The molecular formula is C16H21N3O. The summed E-state index contributed by atoms with van der Waals surface area (Å²) in [6.45, 7) is 6.03. The summed E-state index contributed by atoms with van der Waals surface area (Å²) in [7, 11) is 0. The molecule has 0 unspecified atom stereocenters. The zero-order valence-electron chi connectivity index (χ0n) is 12.2. The Bertz CT molecular complexity index is 582. The van der Waals surface area contributed by atoms with E-state index in [1.54, 1.807) is 6.07 Å². The summed E-state index contributed by atoms with van der Waals surface area (Å²) < 4.78 is 5.59. The number of aryl methyl sites for hydroxylation is 1. The van der Waals surface area contributed by atoms with Crippen LogP contribution in [0.1, 0.15) is 26.3 Å². The molecule has 1 aromatic heterocycles. The first-order valence-corrected chi connectivity index (χ1v) is 6.87. The van der Waals surface area contributed by atoms with E-state index >= 15 is 0 Å². The highest BCUT2D eigenvalue weighted by molar-refractivity contribution is 5.61. The minimum atomic E-state index is 0.0449. The zero-order valence-corrected chi connectivity index (χ0v) is 12.2. The van der Waals surface area contributed by atoms with E-state index in [-0.39, 0.29) is 6.10 Å². The van der Waals surface area contributed by atoms with Crippen LogP contribution in [0.15, 0.2) is 36.4 Å². The molecule has 0 saturated carbocycles. The topological polar surface area (TPSA) is 60.2 Å². The predicted octanol–water partition coefficient (Wildman–Crippen LogP) is 3.76. The second-order valence-electron chi connectivity index (χ2n) is 4.94. The van der Waals surface area contributed by atoms with Gasteiger partial charge in [0, 0.05) is 5.69 Å². The Balaban J connectivity index is 2.20. The highest BCUT2D eigenvalue weighted by Crippen LogP contribution is 2.24. The van der Waals surface area contributed by atoms with Crippen molar-refractivity contribution in [1.29, 1.82) is 0 Å². The van der Waals surface area contributed by atoms with Crippen LogP contribution in [0.25, 0.3) is 0 Å². The maximum atomic E-state index is 5.86. The quantitative estimate of drug-likeness (QED) is 0.869. The lowest BCUT2D eigenvalue weighted by molar-refractivity contribution is 0.234. The zero-order chi connectivity index (χ0) is 14.5. The molecule has 0 aliphatic rings. The van der Waals surface area contributed by atoms with Gasteiger partial charge in [0.25, 0.3) is 0 Å². The highest BCUT2D eigenvalue weighted by Gasteiger charge is 2.06. The van der Waals surface area contributed by atoms with Gasteiger partial charge in [0.05, 0.1) is 11.8 Å². The Morgan fingerprint density at radius 3 is 2.75 bits per heavy atom. The van der Waals surface area contributed by atoms with Crippen LogP contribution in [-0.2, 0) is 6.42 Å². The number of hydrogen-bond acceptors (Lipinski definition) is 4. The molecule has 20 heavy (non-hydrogen) atoms. The monoisotopic (exact) mass is 271 g/mol. The van der Waals surface area contributed by atoms with Gasteiger partial charge in [-0.15, -0.1) is 0 Å². The van der Waals surface area contributed by atoms with Crippen molar-refractivity contribution in [2.45, 2.75) is 33.3 Å². The summed E-state index contributed by atoms with van der Waals surface area (Å²) in [6.07, 6.45) is 1.05. The Morgan fingerprint density at radius 1 is 1.25 bits per heavy atom. The van der Waals surface area contributed by atoms with Crippen LogP contribution in [0.5, 0.6) is 5.88 Å². The molecule has 2 aromatic rings. The Morgan fingerprint density at radius 2 is 2.05 bits per heavy atom. The van der Waals surface area contributed by atoms with Crippen LogP contribution < -0.4 is 15.8 Å². The van der Waals surface area contributed by atoms with E-state index < -0.39 is 0 Å². The molecule has 106 valence electrons. The van der Waals surface area contributed by atoms with Crippen molar-refractivity contribution in [3.63, 3.8) is 0 Å². The van der Waals surface area contributed by atoms with Gasteiger partial charge in [-0.3, -0.25) is 0 Å². The van der Waals surface area contributed by atoms with Gasteiger partial charge in [-0.05, 0) is 50.1 Å². The smallest absolute Gasteiger partial charge is 0.239 e. The third-order valence-electron chi connectivity index (χ3n) is 2.84. The first-order valence-electron chi connectivity index (χ1n) is 6.87. The Kier molecular flexibility index (Phi) is 4.45. The van der Waals surface area contributed by atoms with E-state index in [0.29, 0.717) is 11.6 Å². The van der Waals surface area contributed by atoms with Crippen LogP contribution in [0.2, 0.25) is 0 Å². The molecule has 2 rings (SSSR count). The number of rotatable bonds is 5. The minimum Gasteiger partial charge on any atom is -0.473 e. The molecule has 4 heteroatoms. The van der Waals surface area contributed by atoms with E-state index in [9.17, 15) is 0 Å². The first-order chi connectivity index (χ1) is 9.58. The van der Waals surface area contributed by atoms with E-state index in [2.05, 4.69) is 29.4 Å². The summed E-state index contributed by atoms with van der Waals surface area (Å²) in [5.41, 5.74) is 8.70. The average Bonchev–Trinajstić information content (AvgIpc) is 2.42. The molecule has 0 fully saturated rings. The molecule has 1 aromatic carbocycles. The van der Waals surface area contributed by atoms with Gasteiger partial charge in [0.15, 0.2) is 0 Å². The lowest BCUT2D eigenvalue weighted by Gasteiger charge is -2.13. The Labute approximate surface area is 120 Å². The second-order valence-corrected chi connectivity index (χ2v) is 4.94. The Hall–Kier alpha value is -2.23. The number of pyridine rings is 1. The van der Waals surface area contributed by atoms with Crippen molar-refractivity contribution >= 4 is 17.2 Å². The number of nitrogens with two attached hydrogens (primary N) is 1. The van der Waals surface area contributed by atoms with Crippen molar-refractivity contribution in [3.05, 3.63) is 42.0 Å². The highest BCUT2D eigenvalue weighted by atomic mass is 16.5. The molecular weight excluding hydrogens is 250 g/mol. The average molecular weight is 271 g/mol. The SMILES string of the molecule is CCc1cccc(Nc2ccc(N)c(OC(C)C)n2)c1. The van der Waals surface area contributed by atoms with Gasteiger partial charge in [-0.25, -0.2) is 0 Å². The second kappa shape index (κ2) is 6.28. The summed E-state index contributed by atoms with van der Waals surface area (Å²) in [4.78, 5) is 4.40. The van der Waals surface area contributed by atoms with E-state index in [0.717, 1.165) is 17.9 Å². The van der Waals surface area contributed by atoms with Gasteiger partial charge >= 0.3 is 0 Å².